The van der Waals surface area contributed by atoms with Crippen LogP contribution in [0.1, 0.15) is 38.8 Å². The molecule has 1 unspecified atom stereocenters. The van der Waals surface area contributed by atoms with Crippen molar-refractivity contribution in [3.05, 3.63) is 30.1 Å². The third kappa shape index (κ3) is 3.82. The first kappa shape index (κ1) is 13.6. The second kappa shape index (κ2) is 6.35. The number of hydrogen-bond donors (Lipinski definition) is 2. The fourth-order valence-corrected chi connectivity index (χ4v) is 1.56. The highest BCUT2D eigenvalue weighted by atomic mass is 16.2. The van der Waals surface area contributed by atoms with Crippen molar-refractivity contribution < 1.29 is 4.79 Å². The van der Waals surface area contributed by atoms with Gasteiger partial charge in [-0.05, 0) is 30.5 Å². The molecule has 0 aliphatic carbocycles. The molecule has 0 saturated heterocycles. The molecule has 0 radical (unpaired) electrons. The van der Waals surface area contributed by atoms with Crippen LogP contribution in [0.5, 0.6) is 0 Å². The molecule has 94 valence electrons. The Hall–Kier alpha value is -1.42. The molecule has 4 nitrogen and oxygen atoms in total. The molecule has 4 heteroatoms. The number of carbonyl (C=O) groups is 1. The molecule has 0 bridgehead atoms. The van der Waals surface area contributed by atoms with E-state index in [0.717, 1.165) is 12.0 Å². The summed E-state index contributed by atoms with van der Waals surface area (Å²) in [6.07, 6.45) is 4.33. The largest absolute Gasteiger partial charge is 0.348 e. The molecule has 0 aliphatic rings. The van der Waals surface area contributed by atoms with Gasteiger partial charge in [-0.25, -0.2) is 0 Å². The van der Waals surface area contributed by atoms with E-state index < -0.39 is 6.04 Å². The summed E-state index contributed by atoms with van der Waals surface area (Å²) in [5.74, 6) is 0.100. The minimum absolute atomic E-state index is 0.0411. The van der Waals surface area contributed by atoms with Gasteiger partial charge in [-0.3, -0.25) is 9.78 Å². The molecular formula is C13H21N3O. The SMILES string of the molecule is CCC(C)[C@H](N)C(=O)N[C@@H](C)c1ccncc1. The fourth-order valence-electron chi connectivity index (χ4n) is 1.56. The topological polar surface area (TPSA) is 68.0 Å². The third-order valence-electron chi connectivity index (χ3n) is 3.12. The van der Waals surface area contributed by atoms with Gasteiger partial charge in [0, 0.05) is 12.4 Å². The van der Waals surface area contributed by atoms with Crippen molar-refractivity contribution in [3.8, 4) is 0 Å². The predicted octanol–water partition coefficient (Wildman–Crippen LogP) is 1.63. The van der Waals surface area contributed by atoms with Crippen molar-refractivity contribution in [3.63, 3.8) is 0 Å². The first-order valence-electron chi connectivity index (χ1n) is 6.02. The van der Waals surface area contributed by atoms with Gasteiger partial charge in [0.05, 0.1) is 12.1 Å². The van der Waals surface area contributed by atoms with Crippen molar-refractivity contribution in [1.82, 2.24) is 10.3 Å². The Morgan fingerprint density at radius 3 is 2.53 bits per heavy atom. The molecule has 0 saturated carbocycles. The van der Waals surface area contributed by atoms with Gasteiger partial charge in [-0.2, -0.15) is 0 Å². The number of nitrogens with zero attached hydrogens (tertiary/aromatic N) is 1. The highest BCUT2D eigenvalue weighted by molar-refractivity contribution is 5.82. The van der Waals surface area contributed by atoms with Gasteiger partial charge in [-0.1, -0.05) is 20.3 Å². The molecular weight excluding hydrogens is 214 g/mol. The number of aromatic nitrogens is 1. The van der Waals surface area contributed by atoms with Crippen molar-refractivity contribution in [1.29, 1.82) is 0 Å². The average Bonchev–Trinajstić information content (AvgIpc) is 2.37. The molecule has 1 aromatic rings. The van der Waals surface area contributed by atoms with Crippen LogP contribution in [-0.4, -0.2) is 16.9 Å². The summed E-state index contributed by atoms with van der Waals surface area (Å²) >= 11 is 0. The van der Waals surface area contributed by atoms with E-state index in [0.29, 0.717) is 0 Å². The maximum Gasteiger partial charge on any atom is 0.237 e. The first-order chi connectivity index (χ1) is 8.06. The van der Waals surface area contributed by atoms with E-state index in [1.54, 1.807) is 12.4 Å². The molecule has 1 heterocycles. The number of nitrogens with one attached hydrogen (secondary N) is 1. The third-order valence-corrected chi connectivity index (χ3v) is 3.12. The van der Waals surface area contributed by atoms with Gasteiger partial charge in [0.2, 0.25) is 5.91 Å². The lowest BCUT2D eigenvalue weighted by atomic mass is 9.99. The summed E-state index contributed by atoms with van der Waals surface area (Å²) < 4.78 is 0. The Labute approximate surface area is 103 Å². The second-order valence-electron chi connectivity index (χ2n) is 4.42. The molecule has 0 fully saturated rings. The van der Waals surface area contributed by atoms with Crippen LogP contribution in [0, 0.1) is 5.92 Å². The normalized spacial score (nSPS) is 16.0. The molecule has 0 spiro atoms. The molecule has 3 atom stereocenters. The number of carbonyl (C=O) groups excluding carboxylic acids is 1. The second-order valence-corrected chi connectivity index (χ2v) is 4.42. The molecule has 1 rings (SSSR count). The van der Waals surface area contributed by atoms with Gasteiger partial charge >= 0.3 is 0 Å². The molecule has 3 N–H and O–H groups in total. The van der Waals surface area contributed by atoms with Crippen molar-refractivity contribution in [2.45, 2.75) is 39.3 Å². The van der Waals surface area contributed by atoms with E-state index >= 15 is 0 Å². The van der Waals surface area contributed by atoms with Crippen LogP contribution in [-0.2, 0) is 4.79 Å². The summed E-state index contributed by atoms with van der Waals surface area (Å²) in [6, 6.07) is 3.30. The van der Waals surface area contributed by atoms with E-state index in [-0.39, 0.29) is 17.9 Å². The quantitative estimate of drug-likeness (QED) is 0.815. The van der Waals surface area contributed by atoms with Crippen LogP contribution in [0.25, 0.3) is 0 Å². The van der Waals surface area contributed by atoms with E-state index in [9.17, 15) is 4.79 Å². The van der Waals surface area contributed by atoms with Crippen LogP contribution in [0.15, 0.2) is 24.5 Å². The molecule has 0 aromatic carbocycles. The summed E-state index contributed by atoms with van der Waals surface area (Å²) in [5.41, 5.74) is 6.91. The van der Waals surface area contributed by atoms with Crippen molar-refractivity contribution in [2.75, 3.05) is 0 Å². The Morgan fingerprint density at radius 2 is 2.00 bits per heavy atom. The predicted molar refractivity (Wildman–Crippen MR) is 68.2 cm³/mol. The number of amides is 1. The van der Waals surface area contributed by atoms with E-state index in [2.05, 4.69) is 10.3 Å². The Bertz CT molecular complexity index is 353. The summed E-state index contributed by atoms with van der Waals surface area (Å²) in [5, 5.41) is 2.92. The average molecular weight is 235 g/mol. The van der Waals surface area contributed by atoms with Gasteiger partial charge < -0.3 is 11.1 Å². The lowest BCUT2D eigenvalue weighted by Crippen LogP contribution is -2.45. The Balaban J connectivity index is 2.57. The molecule has 17 heavy (non-hydrogen) atoms. The highest BCUT2D eigenvalue weighted by Crippen LogP contribution is 2.12. The minimum Gasteiger partial charge on any atom is -0.348 e. The number of rotatable bonds is 5. The lowest BCUT2D eigenvalue weighted by molar-refractivity contribution is -0.124. The van der Waals surface area contributed by atoms with Crippen molar-refractivity contribution >= 4 is 5.91 Å². The van der Waals surface area contributed by atoms with Crippen LogP contribution in [0.3, 0.4) is 0 Å². The first-order valence-corrected chi connectivity index (χ1v) is 6.02. The zero-order chi connectivity index (χ0) is 12.8. The Morgan fingerprint density at radius 1 is 1.41 bits per heavy atom. The maximum atomic E-state index is 11.9. The lowest BCUT2D eigenvalue weighted by Gasteiger charge is -2.21. The molecule has 1 amide bonds. The van der Waals surface area contributed by atoms with Gasteiger partial charge in [0.15, 0.2) is 0 Å². The van der Waals surface area contributed by atoms with E-state index in [1.807, 2.05) is 32.9 Å². The number of nitrogens with two attached hydrogens (primary N) is 1. The number of hydrogen-bond acceptors (Lipinski definition) is 3. The standard InChI is InChI=1S/C13H21N3O/c1-4-9(2)12(14)13(17)16-10(3)11-5-7-15-8-6-11/h5-10,12H,4,14H2,1-3H3,(H,16,17)/t9?,10-,12-/m0/s1. The van der Waals surface area contributed by atoms with Crippen LogP contribution in [0.2, 0.25) is 0 Å². The van der Waals surface area contributed by atoms with Crippen molar-refractivity contribution in [2.24, 2.45) is 11.7 Å². The van der Waals surface area contributed by atoms with E-state index in [1.165, 1.54) is 0 Å². The van der Waals surface area contributed by atoms with Crippen LogP contribution >= 0.6 is 0 Å². The zero-order valence-electron chi connectivity index (χ0n) is 10.7. The maximum absolute atomic E-state index is 11.9. The summed E-state index contributed by atoms with van der Waals surface area (Å²) in [6.45, 7) is 5.96. The Kier molecular flexibility index (Phi) is 5.10. The van der Waals surface area contributed by atoms with Crippen LogP contribution in [0.4, 0.5) is 0 Å². The van der Waals surface area contributed by atoms with Crippen LogP contribution < -0.4 is 11.1 Å². The smallest absolute Gasteiger partial charge is 0.237 e. The molecule has 0 aliphatic heterocycles. The monoisotopic (exact) mass is 235 g/mol. The summed E-state index contributed by atoms with van der Waals surface area (Å²) in [4.78, 5) is 15.8. The highest BCUT2D eigenvalue weighted by Gasteiger charge is 2.20. The van der Waals surface area contributed by atoms with Gasteiger partial charge in [0.25, 0.3) is 0 Å². The van der Waals surface area contributed by atoms with E-state index in [4.69, 9.17) is 5.73 Å². The molecule has 1 aromatic heterocycles. The van der Waals surface area contributed by atoms with Gasteiger partial charge in [-0.15, -0.1) is 0 Å². The zero-order valence-corrected chi connectivity index (χ0v) is 10.7. The minimum atomic E-state index is -0.440. The fraction of sp³-hybridized carbons (Fsp3) is 0.538. The number of pyridine rings is 1. The summed E-state index contributed by atoms with van der Waals surface area (Å²) in [7, 11) is 0. The van der Waals surface area contributed by atoms with Gasteiger partial charge in [0.1, 0.15) is 0 Å².